The summed E-state index contributed by atoms with van der Waals surface area (Å²) >= 11 is 5.25. The summed E-state index contributed by atoms with van der Waals surface area (Å²) in [5, 5.41) is 11.8. The number of aromatic nitrogens is 3. The summed E-state index contributed by atoms with van der Waals surface area (Å²) in [6.07, 6.45) is 2.82. The van der Waals surface area contributed by atoms with E-state index in [-0.39, 0.29) is 5.43 Å². The molecule has 0 fully saturated rings. The molecule has 0 amide bonds. The van der Waals surface area contributed by atoms with Gasteiger partial charge in [0.15, 0.2) is 5.82 Å². The van der Waals surface area contributed by atoms with Gasteiger partial charge in [0.25, 0.3) is 0 Å². The van der Waals surface area contributed by atoms with Gasteiger partial charge in [0.05, 0.1) is 17.2 Å². The molecule has 0 bridgehead atoms. The zero-order valence-electron chi connectivity index (χ0n) is 13.8. The van der Waals surface area contributed by atoms with Gasteiger partial charge in [0.1, 0.15) is 11.8 Å². The number of benzene rings is 2. The van der Waals surface area contributed by atoms with Gasteiger partial charge in [0.2, 0.25) is 10.2 Å². The molecule has 128 valence electrons. The molecule has 0 aliphatic heterocycles. The van der Waals surface area contributed by atoms with Crippen LogP contribution in [0.5, 0.6) is 0 Å². The molecular formula is C19H14N4O2S. The van der Waals surface area contributed by atoms with E-state index in [0.717, 1.165) is 11.1 Å². The quantitative estimate of drug-likeness (QED) is 0.443. The number of H-pyrrole nitrogens is 1. The van der Waals surface area contributed by atoms with Crippen LogP contribution in [0.15, 0.2) is 69.1 Å². The van der Waals surface area contributed by atoms with Crippen molar-refractivity contribution in [3.8, 4) is 11.4 Å². The maximum absolute atomic E-state index is 12.6. The molecule has 4 aromatic rings. The molecule has 2 heterocycles. The second-order valence-corrected chi connectivity index (χ2v) is 6.18. The topological polar surface area (TPSA) is 76.2 Å². The molecule has 4 rings (SSSR count). The standard InChI is InChI=1S/C19H14N4O2S/c1-12-6-8-13(9-7-12)18-21-22-19(26)23(18)20-10-14-11-25-16-5-3-2-4-15(16)17(14)24/h2-11H,1H3,(H,22,26)/b20-10-. The van der Waals surface area contributed by atoms with Gasteiger partial charge in [0, 0.05) is 5.56 Å². The number of aromatic amines is 1. The van der Waals surface area contributed by atoms with Crippen molar-refractivity contribution in [2.24, 2.45) is 5.10 Å². The van der Waals surface area contributed by atoms with Crippen LogP contribution in [0, 0.1) is 11.7 Å². The highest BCUT2D eigenvalue weighted by Gasteiger charge is 2.09. The first-order chi connectivity index (χ1) is 12.6. The summed E-state index contributed by atoms with van der Waals surface area (Å²) in [7, 11) is 0. The van der Waals surface area contributed by atoms with Crippen molar-refractivity contribution in [2.75, 3.05) is 0 Å². The fourth-order valence-electron chi connectivity index (χ4n) is 2.59. The minimum atomic E-state index is -0.150. The molecule has 0 aliphatic rings. The van der Waals surface area contributed by atoms with Crippen LogP contribution in [-0.4, -0.2) is 21.1 Å². The lowest BCUT2D eigenvalue weighted by atomic mass is 10.1. The highest BCUT2D eigenvalue weighted by Crippen LogP contribution is 2.18. The molecule has 0 atom stereocenters. The lowest BCUT2D eigenvalue weighted by Crippen LogP contribution is -2.08. The normalized spacial score (nSPS) is 11.4. The second kappa shape index (κ2) is 6.53. The third-order valence-corrected chi connectivity index (χ3v) is 4.24. The van der Waals surface area contributed by atoms with Gasteiger partial charge in [-0.05, 0) is 31.3 Å². The number of hydrogen-bond donors (Lipinski definition) is 1. The minimum absolute atomic E-state index is 0.150. The van der Waals surface area contributed by atoms with Crippen LogP contribution >= 0.6 is 12.2 Å². The molecule has 0 radical (unpaired) electrons. The first-order valence-corrected chi connectivity index (χ1v) is 8.34. The fraction of sp³-hybridized carbons (Fsp3) is 0.0526. The molecule has 26 heavy (non-hydrogen) atoms. The number of para-hydroxylation sites is 1. The lowest BCUT2D eigenvalue weighted by Gasteiger charge is -2.02. The van der Waals surface area contributed by atoms with Crippen molar-refractivity contribution in [3.63, 3.8) is 0 Å². The average molecular weight is 362 g/mol. The Labute approximate surface area is 153 Å². The summed E-state index contributed by atoms with van der Waals surface area (Å²) in [5.41, 5.74) is 2.73. The van der Waals surface area contributed by atoms with Crippen LogP contribution in [0.25, 0.3) is 22.4 Å². The molecule has 6 nitrogen and oxygen atoms in total. The Bertz CT molecular complexity index is 1230. The monoisotopic (exact) mass is 362 g/mol. The molecule has 2 aromatic heterocycles. The Hall–Kier alpha value is -3.32. The Balaban J connectivity index is 1.78. The number of rotatable bonds is 3. The second-order valence-electron chi connectivity index (χ2n) is 5.79. The Morgan fingerprint density at radius 3 is 2.77 bits per heavy atom. The summed E-state index contributed by atoms with van der Waals surface area (Å²) in [6.45, 7) is 2.01. The lowest BCUT2D eigenvalue weighted by molar-refractivity contribution is 0.601. The molecule has 0 unspecified atom stereocenters. The average Bonchev–Trinajstić information content (AvgIpc) is 3.03. The summed E-state index contributed by atoms with van der Waals surface area (Å²) in [6, 6.07) is 14.9. The van der Waals surface area contributed by atoms with Gasteiger partial charge in [-0.1, -0.05) is 42.0 Å². The van der Waals surface area contributed by atoms with Gasteiger partial charge in [-0.3, -0.25) is 4.79 Å². The highest BCUT2D eigenvalue weighted by molar-refractivity contribution is 7.71. The van der Waals surface area contributed by atoms with Gasteiger partial charge in [-0.2, -0.15) is 14.9 Å². The van der Waals surface area contributed by atoms with Crippen LogP contribution in [0.1, 0.15) is 11.1 Å². The van der Waals surface area contributed by atoms with Crippen LogP contribution in [0.2, 0.25) is 0 Å². The first kappa shape index (κ1) is 16.2. The zero-order chi connectivity index (χ0) is 18.1. The number of nitrogens with one attached hydrogen (secondary N) is 1. The van der Waals surface area contributed by atoms with E-state index < -0.39 is 0 Å². The van der Waals surface area contributed by atoms with Crippen molar-refractivity contribution < 1.29 is 4.42 Å². The maximum Gasteiger partial charge on any atom is 0.216 e. The van der Waals surface area contributed by atoms with E-state index in [4.69, 9.17) is 16.6 Å². The Morgan fingerprint density at radius 1 is 1.19 bits per heavy atom. The van der Waals surface area contributed by atoms with Crippen LogP contribution < -0.4 is 5.43 Å². The summed E-state index contributed by atoms with van der Waals surface area (Å²) in [4.78, 5) is 12.6. The predicted octanol–water partition coefficient (Wildman–Crippen LogP) is 3.90. The fourth-order valence-corrected chi connectivity index (χ4v) is 2.77. The predicted molar refractivity (Wildman–Crippen MR) is 103 cm³/mol. The van der Waals surface area contributed by atoms with Gasteiger partial charge in [-0.25, -0.2) is 5.10 Å². The van der Waals surface area contributed by atoms with Crippen LogP contribution in [0.4, 0.5) is 0 Å². The minimum Gasteiger partial charge on any atom is -0.463 e. The molecule has 0 saturated heterocycles. The van der Waals surface area contributed by atoms with Gasteiger partial charge in [-0.15, -0.1) is 0 Å². The maximum atomic E-state index is 12.6. The van der Waals surface area contributed by atoms with Gasteiger partial charge < -0.3 is 4.42 Å². The van der Waals surface area contributed by atoms with E-state index in [1.54, 1.807) is 18.2 Å². The third kappa shape index (κ3) is 2.89. The number of fused-ring (bicyclic) bond motifs is 1. The Kier molecular flexibility index (Phi) is 4.06. The van der Waals surface area contributed by atoms with E-state index in [1.165, 1.54) is 17.2 Å². The van der Waals surface area contributed by atoms with Gasteiger partial charge >= 0.3 is 0 Å². The van der Waals surface area contributed by atoms with Crippen molar-refractivity contribution in [1.82, 2.24) is 14.9 Å². The number of hydrogen-bond acceptors (Lipinski definition) is 5. The van der Waals surface area contributed by atoms with E-state index in [2.05, 4.69) is 15.3 Å². The van der Waals surface area contributed by atoms with Crippen molar-refractivity contribution in [3.05, 3.63) is 80.9 Å². The van der Waals surface area contributed by atoms with E-state index in [9.17, 15) is 4.79 Å². The molecule has 0 saturated carbocycles. The molecular weight excluding hydrogens is 348 g/mol. The van der Waals surface area contributed by atoms with E-state index in [0.29, 0.717) is 27.1 Å². The van der Waals surface area contributed by atoms with E-state index in [1.807, 2.05) is 37.3 Å². The third-order valence-electron chi connectivity index (χ3n) is 3.98. The largest absolute Gasteiger partial charge is 0.463 e. The molecule has 0 spiro atoms. The van der Waals surface area contributed by atoms with Crippen LogP contribution in [0.3, 0.4) is 0 Å². The molecule has 0 aliphatic carbocycles. The van der Waals surface area contributed by atoms with Crippen molar-refractivity contribution >= 4 is 29.4 Å². The smallest absolute Gasteiger partial charge is 0.216 e. The number of aryl methyl sites for hydroxylation is 1. The van der Waals surface area contributed by atoms with Crippen molar-refractivity contribution in [1.29, 1.82) is 0 Å². The summed E-state index contributed by atoms with van der Waals surface area (Å²) < 4.78 is 7.32. The van der Waals surface area contributed by atoms with Crippen LogP contribution in [-0.2, 0) is 0 Å². The highest BCUT2D eigenvalue weighted by atomic mass is 32.1. The first-order valence-electron chi connectivity index (χ1n) is 7.93. The molecule has 1 N–H and O–H groups in total. The number of nitrogens with zero attached hydrogens (tertiary/aromatic N) is 3. The Morgan fingerprint density at radius 2 is 1.96 bits per heavy atom. The SMILES string of the molecule is Cc1ccc(-c2n[nH]c(=S)n2/N=C\c2coc3ccccc3c2=O)cc1. The van der Waals surface area contributed by atoms with E-state index >= 15 is 0 Å². The van der Waals surface area contributed by atoms with Crippen molar-refractivity contribution in [2.45, 2.75) is 6.92 Å². The summed E-state index contributed by atoms with van der Waals surface area (Å²) in [5.74, 6) is 0.566. The molecule has 7 heteroatoms. The zero-order valence-corrected chi connectivity index (χ0v) is 14.7. The molecule has 2 aromatic carbocycles.